The van der Waals surface area contributed by atoms with Crippen molar-refractivity contribution in [1.29, 1.82) is 0 Å². The third-order valence-electron chi connectivity index (χ3n) is 4.71. The molecule has 0 aliphatic rings. The highest BCUT2D eigenvalue weighted by molar-refractivity contribution is 6.05. The molecule has 0 saturated carbocycles. The van der Waals surface area contributed by atoms with E-state index >= 15 is 0 Å². The predicted molar refractivity (Wildman–Crippen MR) is 119 cm³/mol. The lowest BCUT2D eigenvalue weighted by Crippen LogP contribution is -2.21. The van der Waals surface area contributed by atoms with Gasteiger partial charge in [-0.2, -0.15) is 0 Å². The van der Waals surface area contributed by atoms with Gasteiger partial charge in [0.25, 0.3) is 5.91 Å². The molecule has 0 radical (unpaired) electrons. The summed E-state index contributed by atoms with van der Waals surface area (Å²) >= 11 is 0. The fourth-order valence-electron chi connectivity index (χ4n) is 3.14. The van der Waals surface area contributed by atoms with Gasteiger partial charge in [-0.25, -0.2) is 9.78 Å². The molecular formula is C24H21N3O4. The highest BCUT2D eigenvalue weighted by Crippen LogP contribution is 2.25. The molecule has 0 atom stereocenters. The van der Waals surface area contributed by atoms with Crippen LogP contribution in [0.2, 0.25) is 0 Å². The molecule has 2 aromatic heterocycles. The second-order valence-corrected chi connectivity index (χ2v) is 7.12. The summed E-state index contributed by atoms with van der Waals surface area (Å²) in [6.07, 6.45) is 1.54. The van der Waals surface area contributed by atoms with E-state index in [1.54, 1.807) is 42.7 Å². The van der Waals surface area contributed by atoms with E-state index < -0.39 is 18.5 Å². The number of hydrogen-bond acceptors (Lipinski definition) is 6. The van der Waals surface area contributed by atoms with Crippen molar-refractivity contribution in [3.63, 3.8) is 0 Å². The molecule has 4 rings (SSSR count). The number of amides is 1. The lowest BCUT2D eigenvalue weighted by Gasteiger charge is -2.13. The van der Waals surface area contributed by atoms with Crippen molar-refractivity contribution >= 4 is 34.2 Å². The van der Waals surface area contributed by atoms with Crippen LogP contribution in [-0.2, 0) is 9.53 Å². The fraction of sp³-hybridized carbons (Fsp3) is 0.125. The van der Waals surface area contributed by atoms with Crippen LogP contribution in [0.1, 0.15) is 10.4 Å². The molecule has 4 aromatic rings. The number of esters is 1. The Morgan fingerprint density at radius 1 is 1.03 bits per heavy atom. The van der Waals surface area contributed by atoms with Gasteiger partial charge in [0.15, 0.2) is 12.4 Å². The van der Waals surface area contributed by atoms with Crippen molar-refractivity contribution in [3.05, 3.63) is 78.6 Å². The molecule has 2 heterocycles. The Morgan fingerprint density at radius 3 is 2.52 bits per heavy atom. The van der Waals surface area contributed by atoms with E-state index in [-0.39, 0.29) is 0 Å². The summed E-state index contributed by atoms with van der Waals surface area (Å²) in [5.74, 6) is -0.487. The Kier molecular flexibility index (Phi) is 5.66. The first-order valence-corrected chi connectivity index (χ1v) is 9.69. The van der Waals surface area contributed by atoms with Gasteiger partial charge in [-0.05, 0) is 48.5 Å². The van der Waals surface area contributed by atoms with Crippen LogP contribution in [0.4, 0.5) is 11.4 Å². The summed E-state index contributed by atoms with van der Waals surface area (Å²) in [5, 5.41) is 3.36. The summed E-state index contributed by atoms with van der Waals surface area (Å²) in [6, 6.07) is 19.7. The zero-order valence-electron chi connectivity index (χ0n) is 17.2. The van der Waals surface area contributed by atoms with Crippen LogP contribution in [0.15, 0.2) is 77.4 Å². The molecule has 0 aliphatic heterocycles. The Hall–Kier alpha value is -4.13. The van der Waals surface area contributed by atoms with Gasteiger partial charge < -0.3 is 19.4 Å². The predicted octanol–water partition coefficient (Wildman–Crippen LogP) is 4.36. The number of nitrogens with zero attached hydrogens (tertiary/aromatic N) is 2. The minimum absolute atomic E-state index is 0.320. The average Bonchev–Trinajstić information content (AvgIpc) is 3.32. The summed E-state index contributed by atoms with van der Waals surface area (Å²) in [4.78, 5) is 31.6. The Labute approximate surface area is 179 Å². The number of carbonyl (C=O) groups excluding carboxylic acids is 2. The Morgan fingerprint density at radius 2 is 1.81 bits per heavy atom. The number of furan rings is 1. The molecular weight excluding hydrogens is 394 g/mol. The van der Waals surface area contributed by atoms with Gasteiger partial charge >= 0.3 is 5.97 Å². The number of anilines is 2. The van der Waals surface area contributed by atoms with Crippen molar-refractivity contribution in [2.75, 3.05) is 30.9 Å². The van der Waals surface area contributed by atoms with E-state index in [4.69, 9.17) is 9.15 Å². The zero-order chi connectivity index (χ0) is 21.8. The highest BCUT2D eigenvalue weighted by atomic mass is 16.5. The third-order valence-corrected chi connectivity index (χ3v) is 4.71. The number of pyridine rings is 1. The number of nitrogens with one attached hydrogen (secondary N) is 1. The molecule has 0 fully saturated rings. The quantitative estimate of drug-likeness (QED) is 0.471. The molecule has 0 spiro atoms. The van der Waals surface area contributed by atoms with Gasteiger partial charge in [0.2, 0.25) is 0 Å². The van der Waals surface area contributed by atoms with Gasteiger partial charge in [-0.1, -0.05) is 18.2 Å². The lowest BCUT2D eigenvalue weighted by atomic mass is 10.1. The van der Waals surface area contributed by atoms with Gasteiger partial charge in [-0.3, -0.25) is 4.79 Å². The molecule has 156 valence electrons. The van der Waals surface area contributed by atoms with E-state index in [1.165, 1.54) is 0 Å². The van der Waals surface area contributed by atoms with Crippen LogP contribution < -0.4 is 10.2 Å². The maximum atomic E-state index is 12.8. The zero-order valence-corrected chi connectivity index (χ0v) is 17.2. The number of aromatic nitrogens is 1. The van der Waals surface area contributed by atoms with E-state index in [0.717, 1.165) is 5.69 Å². The second kappa shape index (κ2) is 8.71. The summed E-state index contributed by atoms with van der Waals surface area (Å²) in [7, 11) is 3.88. The summed E-state index contributed by atoms with van der Waals surface area (Å²) in [5.41, 5.74) is 3.11. The second-order valence-electron chi connectivity index (χ2n) is 7.12. The number of hydrogen-bond donors (Lipinski definition) is 1. The van der Waals surface area contributed by atoms with Gasteiger partial charge in [-0.15, -0.1) is 0 Å². The molecule has 1 N–H and O–H groups in total. The van der Waals surface area contributed by atoms with Crippen LogP contribution in [-0.4, -0.2) is 37.6 Å². The molecule has 0 saturated heterocycles. The first-order chi connectivity index (χ1) is 15.0. The minimum Gasteiger partial charge on any atom is -0.463 e. The van der Waals surface area contributed by atoms with Crippen LogP contribution in [0, 0.1) is 0 Å². The van der Waals surface area contributed by atoms with Crippen LogP contribution in [0.5, 0.6) is 0 Å². The maximum absolute atomic E-state index is 12.8. The number of para-hydroxylation sites is 1. The number of ether oxygens (including phenoxy) is 1. The standard InChI is InChI=1S/C24H21N3O4/c1-27(2)17-11-9-16(10-12-17)25-23(28)15-31-24(29)19-14-21(22-8-5-13-30-22)26-20-7-4-3-6-18(19)20/h3-14H,15H2,1-2H3,(H,25,28). The number of carbonyl (C=O) groups is 2. The van der Waals surface area contributed by atoms with Crippen molar-refractivity contribution in [3.8, 4) is 11.5 Å². The average molecular weight is 415 g/mol. The topological polar surface area (TPSA) is 84.7 Å². The Balaban J connectivity index is 1.48. The smallest absolute Gasteiger partial charge is 0.339 e. The Bertz CT molecular complexity index is 1220. The molecule has 1 amide bonds. The van der Waals surface area contributed by atoms with Gasteiger partial charge in [0.1, 0.15) is 5.69 Å². The highest BCUT2D eigenvalue weighted by Gasteiger charge is 2.17. The third kappa shape index (κ3) is 4.56. The molecule has 7 nitrogen and oxygen atoms in total. The van der Waals surface area contributed by atoms with E-state index in [0.29, 0.717) is 33.6 Å². The summed E-state index contributed by atoms with van der Waals surface area (Å²) in [6.45, 7) is -0.402. The van der Waals surface area contributed by atoms with Gasteiger partial charge in [0, 0.05) is 30.9 Å². The fourth-order valence-corrected chi connectivity index (χ4v) is 3.14. The van der Waals surface area contributed by atoms with E-state index in [9.17, 15) is 9.59 Å². The van der Waals surface area contributed by atoms with E-state index in [2.05, 4.69) is 10.3 Å². The molecule has 0 bridgehead atoms. The van der Waals surface area contributed by atoms with Crippen LogP contribution >= 0.6 is 0 Å². The van der Waals surface area contributed by atoms with Crippen molar-refractivity contribution in [1.82, 2.24) is 4.98 Å². The summed E-state index contributed by atoms with van der Waals surface area (Å²) < 4.78 is 10.7. The SMILES string of the molecule is CN(C)c1ccc(NC(=O)COC(=O)c2cc(-c3ccco3)nc3ccccc23)cc1. The minimum atomic E-state index is -0.607. The molecule has 0 aliphatic carbocycles. The maximum Gasteiger partial charge on any atom is 0.339 e. The largest absolute Gasteiger partial charge is 0.463 e. The monoisotopic (exact) mass is 415 g/mol. The lowest BCUT2D eigenvalue weighted by molar-refractivity contribution is -0.119. The molecule has 7 heteroatoms. The molecule has 2 aromatic carbocycles. The van der Waals surface area contributed by atoms with Gasteiger partial charge in [0.05, 0.1) is 17.3 Å². The number of fused-ring (bicyclic) bond motifs is 1. The molecule has 31 heavy (non-hydrogen) atoms. The van der Waals surface area contributed by atoms with Crippen LogP contribution in [0.25, 0.3) is 22.4 Å². The van der Waals surface area contributed by atoms with Crippen LogP contribution in [0.3, 0.4) is 0 Å². The van der Waals surface area contributed by atoms with Crippen molar-refractivity contribution in [2.24, 2.45) is 0 Å². The number of rotatable bonds is 6. The van der Waals surface area contributed by atoms with Crippen molar-refractivity contribution in [2.45, 2.75) is 0 Å². The first-order valence-electron chi connectivity index (χ1n) is 9.69. The molecule has 0 unspecified atom stereocenters. The number of benzene rings is 2. The van der Waals surface area contributed by atoms with E-state index in [1.807, 2.05) is 49.3 Å². The normalized spacial score (nSPS) is 10.6. The van der Waals surface area contributed by atoms with Crippen molar-refractivity contribution < 1.29 is 18.7 Å². The first kappa shape index (κ1) is 20.2.